The highest BCUT2D eigenvalue weighted by Crippen LogP contribution is 2.40. The Hall–Kier alpha value is -2.16. The molecule has 0 amide bonds. The standard InChI is InChI=1S/C24H28F2O/c1-3-4-5-6-9-21-20-13-12-19(27-2)15-17(20)8-7-10-22(21)23-16-18(25)11-14-24(23)26/h11-16H,3-10H2,1-2H3. The molecule has 1 nitrogen and oxygen atoms in total. The van der Waals surface area contributed by atoms with Crippen LogP contribution in [0.5, 0.6) is 5.75 Å². The van der Waals surface area contributed by atoms with Crippen molar-refractivity contribution in [2.75, 3.05) is 7.11 Å². The van der Waals surface area contributed by atoms with Crippen LogP contribution in [-0.2, 0) is 6.42 Å². The molecule has 1 aliphatic rings. The van der Waals surface area contributed by atoms with Crippen molar-refractivity contribution in [3.63, 3.8) is 0 Å². The van der Waals surface area contributed by atoms with Crippen molar-refractivity contribution in [2.24, 2.45) is 0 Å². The topological polar surface area (TPSA) is 9.23 Å². The number of hydrogen-bond donors (Lipinski definition) is 0. The molecule has 0 saturated carbocycles. The lowest BCUT2D eigenvalue weighted by Crippen LogP contribution is -1.98. The average Bonchev–Trinajstić information content (AvgIpc) is 2.86. The Bertz CT molecular complexity index is 823. The maximum atomic E-state index is 14.6. The fourth-order valence-corrected chi connectivity index (χ4v) is 4.01. The van der Waals surface area contributed by atoms with Gasteiger partial charge in [-0.2, -0.15) is 0 Å². The Morgan fingerprint density at radius 1 is 0.926 bits per heavy atom. The van der Waals surface area contributed by atoms with Crippen LogP contribution in [0.15, 0.2) is 36.4 Å². The minimum atomic E-state index is -0.386. The molecule has 0 saturated heterocycles. The van der Waals surface area contributed by atoms with Crippen LogP contribution < -0.4 is 4.74 Å². The molecule has 0 spiro atoms. The molecule has 3 rings (SSSR count). The van der Waals surface area contributed by atoms with Gasteiger partial charge in [0.25, 0.3) is 0 Å². The third kappa shape index (κ3) is 4.58. The van der Waals surface area contributed by atoms with Gasteiger partial charge in [0.05, 0.1) is 7.11 Å². The molecule has 0 fully saturated rings. The summed E-state index contributed by atoms with van der Waals surface area (Å²) in [6.07, 6.45) is 8.10. The molecule has 0 aliphatic heterocycles. The molecular formula is C24H28F2O. The number of methoxy groups -OCH3 is 1. The Labute approximate surface area is 161 Å². The fourth-order valence-electron chi connectivity index (χ4n) is 4.01. The minimum Gasteiger partial charge on any atom is -0.497 e. The molecule has 3 heteroatoms. The zero-order valence-corrected chi connectivity index (χ0v) is 16.3. The highest BCUT2D eigenvalue weighted by molar-refractivity contribution is 5.92. The number of ether oxygens (including phenoxy) is 1. The van der Waals surface area contributed by atoms with E-state index in [4.69, 9.17) is 4.74 Å². The molecular weight excluding hydrogens is 342 g/mol. The van der Waals surface area contributed by atoms with E-state index in [2.05, 4.69) is 19.1 Å². The van der Waals surface area contributed by atoms with Crippen LogP contribution in [0.2, 0.25) is 0 Å². The van der Waals surface area contributed by atoms with E-state index < -0.39 is 0 Å². The summed E-state index contributed by atoms with van der Waals surface area (Å²) in [5.41, 5.74) is 4.97. The maximum Gasteiger partial charge on any atom is 0.130 e. The lowest BCUT2D eigenvalue weighted by atomic mass is 9.88. The molecule has 144 valence electrons. The number of allylic oxidation sites excluding steroid dienone is 2. The van der Waals surface area contributed by atoms with E-state index in [1.807, 2.05) is 6.07 Å². The van der Waals surface area contributed by atoms with Crippen LogP contribution in [0.4, 0.5) is 8.78 Å². The van der Waals surface area contributed by atoms with Gasteiger partial charge < -0.3 is 4.74 Å². The molecule has 0 bridgehead atoms. The molecule has 27 heavy (non-hydrogen) atoms. The van der Waals surface area contributed by atoms with Gasteiger partial charge in [0, 0.05) is 5.56 Å². The zero-order chi connectivity index (χ0) is 19.2. The van der Waals surface area contributed by atoms with Crippen molar-refractivity contribution in [1.82, 2.24) is 0 Å². The number of rotatable bonds is 7. The van der Waals surface area contributed by atoms with Gasteiger partial charge in [-0.25, -0.2) is 8.78 Å². The van der Waals surface area contributed by atoms with Crippen molar-refractivity contribution >= 4 is 11.1 Å². The van der Waals surface area contributed by atoms with E-state index in [1.165, 1.54) is 47.7 Å². The SMILES string of the molecule is CCCCCCC1=C(c2cc(F)ccc2F)CCCc2cc(OC)ccc21. The van der Waals surface area contributed by atoms with Crippen LogP contribution >= 0.6 is 0 Å². The van der Waals surface area contributed by atoms with Crippen LogP contribution in [0.1, 0.15) is 68.6 Å². The molecule has 0 unspecified atom stereocenters. The molecule has 0 N–H and O–H groups in total. The highest BCUT2D eigenvalue weighted by Gasteiger charge is 2.21. The summed E-state index contributed by atoms with van der Waals surface area (Å²) in [6, 6.07) is 9.93. The normalized spacial score (nSPS) is 14.1. The predicted molar refractivity (Wildman–Crippen MR) is 108 cm³/mol. The van der Waals surface area contributed by atoms with E-state index >= 15 is 0 Å². The second-order valence-corrected chi connectivity index (χ2v) is 7.27. The largest absolute Gasteiger partial charge is 0.497 e. The highest BCUT2D eigenvalue weighted by atomic mass is 19.1. The number of fused-ring (bicyclic) bond motifs is 1. The summed E-state index contributed by atoms with van der Waals surface area (Å²) < 4.78 is 33.8. The molecule has 2 aromatic rings. The van der Waals surface area contributed by atoms with Gasteiger partial charge >= 0.3 is 0 Å². The lowest BCUT2D eigenvalue weighted by molar-refractivity contribution is 0.414. The van der Waals surface area contributed by atoms with Crippen molar-refractivity contribution in [2.45, 2.75) is 58.3 Å². The van der Waals surface area contributed by atoms with Crippen LogP contribution in [0.3, 0.4) is 0 Å². The Morgan fingerprint density at radius 3 is 2.56 bits per heavy atom. The smallest absolute Gasteiger partial charge is 0.130 e. The van der Waals surface area contributed by atoms with Crippen LogP contribution in [-0.4, -0.2) is 7.11 Å². The molecule has 0 atom stereocenters. The van der Waals surface area contributed by atoms with Gasteiger partial charge in [-0.3, -0.25) is 0 Å². The Morgan fingerprint density at radius 2 is 1.78 bits per heavy atom. The van der Waals surface area contributed by atoms with Crippen LogP contribution in [0.25, 0.3) is 11.1 Å². The quantitative estimate of drug-likeness (QED) is 0.469. The number of unbranched alkanes of at least 4 members (excludes halogenated alkanes) is 3. The van der Waals surface area contributed by atoms with Gasteiger partial charge in [0.15, 0.2) is 0 Å². The van der Waals surface area contributed by atoms with Gasteiger partial charge in [-0.15, -0.1) is 0 Å². The van der Waals surface area contributed by atoms with Crippen LogP contribution in [0, 0.1) is 11.6 Å². The molecule has 0 heterocycles. The lowest BCUT2D eigenvalue weighted by Gasteiger charge is -2.17. The zero-order valence-electron chi connectivity index (χ0n) is 16.3. The third-order valence-corrected chi connectivity index (χ3v) is 5.41. The Balaban J connectivity index is 2.09. The van der Waals surface area contributed by atoms with E-state index in [0.717, 1.165) is 49.8 Å². The summed E-state index contributed by atoms with van der Waals surface area (Å²) in [4.78, 5) is 0. The van der Waals surface area contributed by atoms with Crippen molar-refractivity contribution in [3.05, 3.63) is 64.7 Å². The third-order valence-electron chi connectivity index (χ3n) is 5.41. The minimum absolute atomic E-state index is 0.339. The summed E-state index contributed by atoms with van der Waals surface area (Å²) in [5.74, 6) is 0.123. The van der Waals surface area contributed by atoms with E-state index in [-0.39, 0.29) is 11.6 Å². The number of benzene rings is 2. The van der Waals surface area contributed by atoms with Gasteiger partial charge in [0.2, 0.25) is 0 Å². The monoisotopic (exact) mass is 370 g/mol. The summed E-state index contributed by atoms with van der Waals surface area (Å²) in [5, 5.41) is 0. The second kappa shape index (κ2) is 9.16. The first-order valence-electron chi connectivity index (χ1n) is 9.98. The summed E-state index contributed by atoms with van der Waals surface area (Å²) in [7, 11) is 1.67. The second-order valence-electron chi connectivity index (χ2n) is 7.27. The first kappa shape index (κ1) is 19.6. The molecule has 0 radical (unpaired) electrons. The number of halogens is 2. The first-order valence-corrected chi connectivity index (χ1v) is 9.98. The maximum absolute atomic E-state index is 14.6. The van der Waals surface area contributed by atoms with Crippen molar-refractivity contribution < 1.29 is 13.5 Å². The number of hydrogen-bond acceptors (Lipinski definition) is 1. The molecule has 2 aromatic carbocycles. The van der Waals surface area contributed by atoms with E-state index in [0.29, 0.717) is 5.56 Å². The number of aryl methyl sites for hydroxylation is 1. The molecule has 1 aliphatic carbocycles. The average molecular weight is 370 g/mol. The molecule has 0 aromatic heterocycles. The first-order chi connectivity index (χ1) is 13.1. The predicted octanol–water partition coefficient (Wildman–Crippen LogP) is 7.19. The van der Waals surface area contributed by atoms with E-state index in [9.17, 15) is 8.78 Å². The van der Waals surface area contributed by atoms with Gasteiger partial charge in [-0.1, -0.05) is 32.3 Å². The van der Waals surface area contributed by atoms with Crippen molar-refractivity contribution in [3.8, 4) is 5.75 Å². The van der Waals surface area contributed by atoms with Gasteiger partial charge in [-0.05, 0) is 84.7 Å². The van der Waals surface area contributed by atoms with Gasteiger partial charge in [0.1, 0.15) is 17.4 Å². The Kier molecular flexibility index (Phi) is 6.65. The summed E-state index contributed by atoms with van der Waals surface area (Å²) in [6.45, 7) is 2.19. The van der Waals surface area contributed by atoms with E-state index in [1.54, 1.807) is 7.11 Å². The summed E-state index contributed by atoms with van der Waals surface area (Å²) >= 11 is 0. The van der Waals surface area contributed by atoms with Crippen molar-refractivity contribution in [1.29, 1.82) is 0 Å². The fraction of sp³-hybridized carbons (Fsp3) is 0.417.